The molecule has 5 heteroatoms. The lowest BCUT2D eigenvalue weighted by Gasteiger charge is -2.21. The summed E-state index contributed by atoms with van der Waals surface area (Å²) in [5.41, 5.74) is 0.707. The van der Waals surface area contributed by atoms with Crippen LogP contribution in [0.15, 0.2) is 24.3 Å². The van der Waals surface area contributed by atoms with E-state index in [-0.39, 0.29) is 16.1 Å². The second-order valence-corrected chi connectivity index (χ2v) is 6.07. The van der Waals surface area contributed by atoms with E-state index in [1.54, 1.807) is 18.2 Å². The molecule has 1 aliphatic rings. The zero-order chi connectivity index (χ0) is 14.8. The lowest BCUT2D eigenvalue weighted by atomic mass is 9.88. The topological polar surface area (TPSA) is 25.8 Å². The minimum absolute atomic E-state index is 0.223. The molecule has 0 unspecified atom stereocenters. The highest BCUT2D eigenvalue weighted by molar-refractivity contribution is 6.37. The van der Waals surface area contributed by atoms with Crippen molar-refractivity contribution in [1.29, 1.82) is 0 Å². The predicted octanol–water partition coefficient (Wildman–Crippen LogP) is 5.64. The average Bonchev–Trinajstić information content (AvgIpc) is 2.49. The normalized spacial score (nSPS) is 16.1. The predicted molar refractivity (Wildman–Crippen MR) is 83.3 cm³/mol. The molecule has 0 N–H and O–H groups in total. The summed E-state index contributed by atoms with van der Waals surface area (Å²) in [7, 11) is 0. The molecule has 1 aliphatic carbocycles. The van der Waals surface area contributed by atoms with Gasteiger partial charge in [0, 0.05) is 11.5 Å². The summed E-state index contributed by atoms with van der Waals surface area (Å²) >= 11 is 12.5. The molecule has 1 saturated carbocycles. The van der Waals surface area contributed by atoms with Gasteiger partial charge in [0.15, 0.2) is 0 Å². The van der Waals surface area contributed by atoms with Crippen LogP contribution < -0.4 is 0 Å². The molecular weight excluding hydrogens is 310 g/mol. The Kier molecular flexibility index (Phi) is 4.41. The summed E-state index contributed by atoms with van der Waals surface area (Å²) in [6, 6.07) is 6.36. The number of nitrogens with zero attached hydrogens (tertiary/aromatic N) is 2. The molecule has 0 aliphatic heterocycles. The fourth-order valence-electron chi connectivity index (χ4n) is 2.85. The van der Waals surface area contributed by atoms with E-state index in [4.69, 9.17) is 23.2 Å². The molecular formula is C16H15Cl2FN2. The Hall–Kier alpha value is -1.19. The molecule has 0 atom stereocenters. The maximum absolute atomic E-state index is 13.9. The molecule has 110 valence electrons. The Morgan fingerprint density at radius 2 is 1.57 bits per heavy atom. The van der Waals surface area contributed by atoms with Gasteiger partial charge in [-0.25, -0.2) is 14.4 Å². The average molecular weight is 325 g/mol. The van der Waals surface area contributed by atoms with Gasteiger partial charge in [-0.1, -0.05) is 60.7 Å². The lowest BCUT2D eigenvalue weighted by Crippen LogP contribution is -2.09. The summed E-state index contributed by atoms with van der Waals surface area (Å²) in [4.78, 5) is 8.76. The molecule has 2 aromatic rings. The van der Waals surface area contributed by atoms with Crippen LogP contribution in [0.4, 0.5) is 4.39 Å². The molecule has 0 radical (unpaired) electrons. The molecule has 0 amide bonds. The quantitative estimate of drug-likeness (QED) is 0.668. The van der Waals surface area contributed by atoms with Gasteiger partial charge in [0.2, 0.25) is 0 Å². The van der Waals surface area contributed by atoms with Crippen LogP contribution in [-0.4, -0.2) is 9.97 Å². The van der Waals surface area contributed by atoms with Crippen molar-refractivity contribution in [3.8, 4) is 11.1 Å². The van der Waals surface area contributed by atoms with Gasteiger partial charge in [-0.05, 0) is 18.9 Å². The first-order valence-electron chi connectivity index (χ1n) is 7.14. The number of rotatable bonds is 2. The first-order valence-corrected chi connectivity index (χ1v) is 7.90. The largest absolute Gasteiger partial charge is 0.220 e. The summed E-state index contributed by atoms with van der Waals surface area (Å²) in [6.45, 7) is 0. The summed E-state index contributed by atoms with van der Waals surface area (Å²) < 4.78 is 13.9. The van der Waals surface area contributed by atoms with E-state index in [0.717, 1.165) is 12.8 Å². The van der Waals surface area contributed by atoms with Crippen LogP contribution in [0.2, 0.25) is 10.3 Å². The highest BCUT2D eigenvalue weighted by Gasteiger charge is 2.22. The standard InChI is InChI=1S/C16H15Cl2FN2/c17-14-13(11-8-4-5-9-12(11)19)15(18)21-16(20-14)10-6-2-1-3-7-10/h4-5,8-10H,1-3,6-7H2. The number of halogens is 3. The maximum atomic E-state index is 13.9. The third-order valence-electron chi connectivity index (χ3n) is 3.95. The highest BCUT2D eigenvalue weighted by Crippen LogP contribution is 2.37. The number of hydrogen-bond acceptors (Lipinski definition) is 2. The number of aromatic nitrogens is 2. The first-order chi connectivity index (χ1) is 10.2. The Morgan fingerprint density at radius 1 is 0.952 bits per heavy atom. The van der Waals surface area contributed by atoms with E-state index in [2.05, 4.69) is 9.97 Å². The van der Waals surface area contributed by atoms with Crippen molar-refractivity contribution in [1.82, 2.24) is 9.97 Å². The lowest BCUT2D eigenvalue weighted by molar-refractivity contribution is 0.428. The van der Waals surface area contributed by atoms with Gasteiger partial charge in [-0.3, -0.25) is 0 Å². The van der Waals surface area contributed by atoms with E-state index >= 15 is 0 Å². The fourth-order valence-corrected chi connectivity index (χ4v) is 3.46. The summed E-state index contributed by atoms with van der Waals surface area (Å²) in [5.74, 6) is 0.614. The molecule has 3 rings (SSSR count). The summed E-state index contributed by atoms with van der Waals surface area (Å²) in [5, 5.41) is 0.446. The third kappa shape index (κ3) is 3.04. The third-order valence-corrected chi connectivity index (χ3v) is 4.50. The zero-order valence-electron chi connectivity index (χ0n) is 11.5. The molecule has 0 spiro atoms. The molecule has 0 bridgehead atoms. The van der Waals surface area contributed by atoms with Gasteiger partial charge in [0.25, 0.3) is 0 Å². The SMILES string of the molecule is Fc1ccccc1-c1c(Cl)nc(C2CCCCC2)nc1Cl. The number of benzene rings is 1. The van der Waals surface area contributed by atoms with Gasteiger partial charge < -0.3 is 0 Å². The Balaban J connectivity index is 2.02. The van der Waals surface area contributed by atoms with Crippen LogP contribution in [-0.2, 0) is 0 Å². The van der Waals surface area contributed by atoms with Crippen molar-refractivity contribution in [2.75, 3.05) is 0 Å². The molecule has 1 aromatic heterocycles. The molecule has 1 heterocycles. The molecule has 0 saturated heterocycles. The summed E-state index contributed by atoms with van der Waals surface area (Å²) in [6.07, 6.45) is 5.74. The van der Waals surface area contributed by atoms with Crippen molar-refractivity contribution in [3.63, 3.8) is 0 Å². The van der Waals surface area contributed by atoms with Crippen LogP contribution in [0.25, 0.3) is 11.1 Å². The Morgan fingerprint density at radius 3 is 2.19 bits per heavy atom. The van der Waals surface area contributed by atoms with Crippen molar-refractivity contribution in [3.05, 3.63) is 46.2 Å². The van der Waals surface area contributed by atoms with Gasteiger partial charge in [0.05, 0.1) is 5.56 Å². The molecule has 1 aromatic carbocycles. The van der Waals surface area contributed by atoms with Crippen LogP contribution in [0, 0.1) is 5.82 Å². The van der Waals surface area contributed by atoms with Crippen LogP contribution >= 0.6 is 23.2 Å². The van der Waals surface area contributed by atoms with Crippen molar-refractivity contribution < 1.29 is 4.39 Å². The second kappa shape index (κ2) is 6.29. The fraction of sp³-hybridized carbons (Fsp3) is 0.375. The van der Waals surface area contributed by atoms with Crippen molar-refractivity contribution in [2.24, 2.45) is 0 Å². The van der Waals surface area contributed by atoms with Gasteiger partial charge in [0.1, 0.15) is 21.9 Å². The zero-order valence-corrected chi connectivity index (χ0v) is 13.0. The van der Waals surface area contributed by atoms with Crippen LogP contribution in [0.3, 0.4) is 0 Å². The van der Waals surface area contributed by atoms with Gasteiger partial charge >= 0.3 is 0 Å². The van der Waals surface area contributed by atoms with Gasteiger partial charge in [-0.2, -0.15) is 0 Å². The van der Waals surface area contributed by atoms with E-state index < -0.39 is 0 Å². The van der Waals surface area contributed by atoms with Crippen molar-refractivity contribution in [2.45, 2.75) is 38.0 Å². The Labute approximate surface area is 133 Å². The molecule has 21 heavy (non-hydrogen) atoms. The van der Waals surface area contributed by atoms with E-state index in [9.17, 15) is 4.39 Å². The van der Waals surface area contributed by atoms with Crippen LogP contribution in [0.1, 0.15) is 43.8 Å². The molecule has 1 fully saturated rings. The van der Waals surface area contributed by atoms with Crippen LogP contribution in [0.5, 0.6) is 0 Å². The maximum Gasteiger partial charge on any atom is 0.142 e. The van der Waals surface area contributed by atoms with Gasteiger partial charge in [-0.15, -0.1) is 0 Å². The molecule has 2 nitrogen and oxygen atoms in total. The monoisotopic (exact) mass is 324 g/mol. The smallest absolute Gasteiger partial charge is 0.142 e. The number of hydrogen-bond donors (Lipinski definition) is 0. The first kappa shape index (κ1) is 14.7. The minimum atomic E-state index is -0.379. The Bertz CT molecular complexity index is 631. The van der Waals surface area contributed by atoms with E-state index in [0.29, 0.717) is 22.9 Å². The van der Waals surface area contributed by atoms with Crippen molar-refractivity contribution >= 4 is 23.2 Å². The van der Waals surface area contributed by atoms with E-state index in [1.165, 1.54) is 25.3 Å². The minimum Gasteiger partial charge on any atom is -0.220 e. The van der Waals surface area contributed by atoms with E-state index in [1.807, 2.05) is 0 Å². The second-order valence-electron chi connectivity index (χ2n) is 5.35. The highest BCUT2D eigenvalue weighted by atomic mass is 35.5.